The number of primary amides is 1. The summed E-state index contributed by atoms with van der Waals surface area (Å²) in [5, 5.41) is 2.28. The summed E-state index contributed by atoms with van der Waals surface area (Å²) in [5.41, 5.74) is 11.7. The topological polar surface area (TPSA) is 75.1 Å². The summed E-state index contributed by atoms with van der Waals surface area (Å²) < 4.78 is 10.4. The molecule has 0 aliphatic heterocycles. The fraction of sp³-hybridized carbons (Fsp3) is 0.407. The summed E-state index contributed by atoms with van der Waals surface area (Å²) in [7, 11) is 0.984. The van der Waals surface area contributed by atoms with Crippen molar-refractivity contribution in [2.75, 3.05) is 6.61 Å². The third-order valence-corrected chi connectivity index (χ3v) is 8.96. The molecule has 0 atom stereocenters. The number of amides is 1. The lowest BCUT2D eigenvalue weighted by Crippen LogP contribution is -2.29. The number of fused-ring (bicyclic) bond motifs is 2. The van der Waals surface area contributed by atoms with E-state index in [1.54, 1.807) is 0 Å². The Morgan fingerprint density at radius 2 is 1.91 bits per heavy atom. The predicted molar refractivity (Wildman–Crippen MR) is 141 cm³/mol. The molecule has 178 valence electrons. The number of carbonyl (C=O) groups is 1. The highest BCUT2D eigenvalue weighted by Gasteiger charge is 2.51. The van der Waals surface area contributed by atoms with Gasteiger partial charge in [0.25, 0.3) is 0 Å². The third kappa shape index (κ3) is 3.97. The first-order valence-corrected chi connectivity index (χ1v) is 15.7. The van der Waals surface area contributed by atoms with Gasteiger partial charge in [0.1, 0.15) is 6.73 Å². The molecule has 2 N–H and O–H groups in total. The molecule has 1 fully saturated rings. The Morgan fingerprint density at radius 3 is 2.59 bits per heavy atom. The average molecular weight is 475 g/mol. The van der Waals surface area contributed by atoms with Crippen LogP contribution in [0.2, 0.25) is 25.7 Å². The third-order valence-electron chi connectivity index (χ3n) is 7.26. The Morgan fingerprint density at radius 1 is 1.15 bits per heavy atom. The van der Waals surface area contributed by atoms with E-state index >= 15 is 0 Å². The zero-order valence-corrected chi connectivity index (χ0v) is 21.8. The number of hydrogen-bond donors (Lipinski definition) is 1. The van der Waals surface area contributed by atoms with E-state index in [-0.39, 0.29) is 5.91 Å². The average Bonchev–Trinajstić information content (AvgIpc) is 3.42. The summed E-state index contributed by atoms with van der Waals surface area (Å²) in [6, 6.07) is 12.1. The van der Waals surface area contributed by atoms with Crippen LogP contribution in [0.15, 0.2) is 42.7 Å². The van der Waals surface area contributed by atoms with Gasteiger partial charge in [-0.05, 0) is 61.7 Å². The van der Waals surface area contributed by atoms with Crippen molar-refractivity contribution < 1.29 is 9.53 Å². The first-order valence-electron chi connectivity index (χ1n) is 12.0. The number of hydrogen-bond acceptors (Lipinski definition) is 3. The molecular weight excluding hydrogens is 440 g/mol. The van der Waals surface area contributed by atoms with Gasteiger partial charge in [-0.1, -0.05) is 19.6 Å². The smallest absolute Gasteiger partial charge is 0.229 e. The van der Waals surface area contributed by atoms with Crippen molar-refractivity contribution in [1.82, 2.24) is 14.1 Å². The molecule has 3 heterocycles. The number of ether oxygens (including phenoxy) is 1. The molecule has 0 radical (unpaired) electrons. The van der Waals surface area contributed by atoms with Gasteiger partial charge in [0.2, 0.25) is 5.91 Å². The molecule has 34 heavy (non-hydrogen) atoms. The number of carbonyl (C=O) groups excluding carboxylic acids is 1. The number of pyridine rings is 1. The quantitative estimate of drug-likeness (QED) is 0.277. The minimum atomic E-state index is -1.09. The Kier molecular flexibility index (Phi) is 5.45. The number of rotatable bonds is 8. The number of benzene rings is 1. The summed E-state index contributed by atoms with van der Waals surface area (Å²) in [5.74, 6) is -0.272. The van der Waals surface area contributed by atoms with Crippen LogP contribution in [0.3, 0.4) is 0 Å². The van der Waals surface area contributed by atoms with E-state index in [0.717, 1.165) is 41.7 Å². The van der Waals surface area contributed by atoms with Crippen LogP contribution in [0.4, 0.5) is 0 Å². The zero-order valence-electron chi connectivity index (χ0n) is 20.8. The molecular formula is C27H34N4O2Si. The maximum Gasteiger partial charge on any atom is 0.229 e. The molecule has 1 aliphatic carbocycles. The molecule has 1 aromatic carbocycles. The number of nitrogens with two attached hydrogens (primary N) is 1. The van der Waals surface area contributed by atoms with Gasteiger partial charge >= 0.3 is 0 Å². The lowest BCUT2D eigenvalue weighted by molar-refractivity contribution is -0.120. The molecule has 0 spiro atoms. The van der Waals surface area contributed by atoms with Crippen molar-refractivity contribution in [1.29, 1.82) is 0 Å². The molecule has 1 saturated carbocycles. The van der Waals surface area contributed by atoms with Gasteiger partial charge in [0.15, 0.2) is 0 Å². The largest absolute Gasteiger partial charge is 0.369 e. The van der Waals surface area contributed by atoms with Gasteiger partial charge in [0.05, 0.1) is 28.3 Å². The van der Waals surface area contributed by atoms with Crippen LogP contribution in [0.25, 0.3) is 33.1 Å². The zero-order chi connectivity index (χ0) is 24.3. The first kappa shape index (κ1) is 22.9. The molecule has 0 bridgehead atoms. The van der Waals surface area contributed by atoms with Gasteiger partial charge in [-0.2, -0.15) is 0 Å². The van der Waals surface area contributed by atoms with Crippen LogP contribution in [0, 0.1) is 6.92 Å². The van der Waals surface area contributed by atoms with Crippen LogP contribution >= 0.6 is 0 Å². The molecule has 3 aromatic heterocycles. The van der Waals surface area contributed by atoms with Crippen LogP contribution < -0.4 is 5.73 Å². The van der Waals surface area contributed by atoms with Crippen molar-refractivity contribution in [2.45, 2.75) is 57.6 Å². The van der Waals surface area contributed by atoms with Crippen molar-refractivity contribution in [3.63, 3.8) is 0 Å². The number of aryl methyl sites for hydroxylation is 2. The second kappa shape index (κ2) is 8.10. The van der Waals surface area contributed by atoms with E-state index in [0.29, 0.717) is 6.73 Å². The van der Waals surface area contributed by atoms with Crippen molar-refractivity contribution >= 4 is 35.8 Å². The second-order valence-corrected chi connectivity index (χ2v) is 16.6. The van der Waals surface area contributed by atoms with Gasteiger partial charge in [0, 0.05) is 50.0 Å². The molecule has 4 aromatic rings. The molecule has 1 aliphatic rings. The SMILES string of the molecule is Cc1cc2c(ccn2COCC[Si](C)(C)C)cc1-c1cc2cc(C3(C(N)=O)CC3)ncc2n1C. The first-order chi connectivity index (χ1) is 16.1. The Labute approximate surface area is 201 Å². The monoisotopic (exact) mass is 474 g/mol. The molecule has 7 heteroatoms. The van der Waals surface area contributed by atoms with Gasteiger partial charge in [-0.3, -0.25) is 9.78 Å². The van der Waals surface area contributed by atoms with E-state index in [4.69, 9.17) is 10.5 Å². The normalized spacial score (nSPS) is 15.3. The lowest BCUT2D eigenvalue weighted by Gasteiger charge is -2.16. The van der Waals surface area contributed by atoms with E-state index in [9.17, 15) is 4.79 Å². The van der Waals surface area contributed by atoms with Crippen molar-refractivity contribution in [2.24, 2.45) is 12.8 Å². The highest BCUT2D eigenvalue weighted by Crippen LogP contribution is 2.47. The summed E-state index contributed by atoms with van der Waals surface area (Å²) in [6.45, 7) is 10.7. The lowest BCUT2D eigenvalue weighted by atomic mass is 10.00. The van der Waals surface area contributed by atoms with Crippen LogP contribution in [-0.4, -0.2) is 34.7 Å². The van der Waals surface area contributed by atoms with Crippen LogP contribution in [0.5, 0.6) is 0 Å². The number of aromatic nitrogens is 3. The minimum absolute atomic E-state index is 0.272. The number of nitrogens with zero attached hydrogens (tertiary/aromatic N) is 3. The maximum absolute atomic E-state index is 12.0. The Hall–Kier alpha value is -2.90. The standard InChI is InChI=1S/C27H34N4O2Si/c1-18-12-22-19(6-9-31(22)17-33-10-11-34(3,4)5)13-21(18)23-14-20-15-25(27(7-8-27)26(28)32)29-16-24(20)30(23)2/h6,9,12-16H,7-8,10-11,17H2,1-5H3,(H2,28,32). The molecule has 5 rings (SSSR count). The van der Waals surface area contributed by atoms with E-state index in [1.165, 1.54) is 28.1 Å². The van der Waals surface area contributed by atoms with E-state index in [1.807, 2.05) is 12.3 Å². The van der Waals surface area contributed by atoms with Crippen LogP contribution in [-0.2, 0) is 28.7 Å². The van der Waals surface area contributed by atoms with Gasteiger partial charge < -0.3 is 19.6 Å². The fourth-order valence-electron chi connectivity index (χ4n) is 4.78. The summed E-state index contributed by atoms with van der Waals surface area (Å²) in [4.78, 5) is 16.6. The minimum Gasteiger partial charge on any atom is -0.369 e. The van der Waals surface area contributed by atoms with Crippen molar-refractivity contribution in [3.8, 4) is 11.3 Å². The van der Waals surface area contributed by atoms with Crippen LogP contribution in [0.1, 0.15) is 24.1 Å². The summed E-state index contributed by atoms with van der Waals surface area (Å²) in [6.07, 6.45) is 5.56. The Bertz CT molecular complexity index is 1410. The molecule has 0 saturated heterocycles. The van der Waals surface area contributed by atoms with Gasteiger partial charge in [-0.25, -0.2) is 0 Å². The van der Waals surface area contributed by atoms with Gasteiger partial charge in [-0.15, -0.1) is 0 Å². The second-order valence-electron chi connectivity index (χ2n) is 11.0. The van der Waals surface area contributed by atoms with E-state index < -0.39 is 13.5 Å². The van der Waals surface area contributed by atoms with Crippen molar-refractivity contribution in [3.05, 3.63) is 54.0 Å². The maximum atomic E-state index is 12.0. The fourth-order valence-corrected chi connectivity index (χ4v) is 5.54. The van der Waals surface area contributed by atoms with E-state index in [2.05, 4.69) is 78.2 Å². The highest BCUT2D eigenvalue weighted by atomic mass is 28.3. The molecule has 1 amide bonds. The Balaban J connectivity index is 1.46. The summed E-state index contributed by atoms with van der Waals surface area (Å²) >= 11 is 0. The molecule has 6 nitrogen and oxygen atoms in total. The predicted octanol–water partition coefficient (Wildman–Crippen LogP) is 5.33. The highest BCUT2D eigenvalue weighted by molar-refractivity contribution is 6.76. The molecule has 0 unspecified atom stereocenters.